The van der Waals surface area contributed by atoms with Gasteiger partial charge in [-0.05, 0) is 41.5 Å². The number of carbonyl (C=O) groups excluding carboxylic acids is 2. The number of aliphatic carboxylic acids is 1. The van der Waals surface area contributed by atoms with Crippen molar-refractivity contribution >= 4 is 18.0 Å². The molecule has 0 bridgehead atoms. The summed E-state index contributed by atoms with van der Waals surface area (Å²) in [5, 5.41) is 15.2. The molecule has 2 aromatic rings. The Bertz CT molecular complexity index is 1020. The van der Waals surface area contributed by atoms with Gasteiger partial charge in [0.2, 0.25) is 5.91 Å². The van der Waals surface area contributed by atoms with Crippen LogP contribution in [-0.2, 0) is 14.3 Å². The molecule has 0 aliphatic heterocycles. The van der Waals surface area contributed by atoms with E-state index in [1.54, 1.807) is 0 Å². The number of ether oxygens (including phenoxy) is 1. The van der Waals surface area contributed by atoms with E-state index >= 15 is 0 Å². The molecule has 2 aliphatic carbocycles. The molecular weight excluding hydrogens is 444 g/mol. The van der Waals surface area contributed by atoms with Gasteiger partial charge in [-0.3, -0.25) is 9.59 Å². The molecule has 2 aromatic carbocycles. The van der Waals surface area contributed by atoms with Gasteiger partial charge in [0, 0.05) is 18.5 Å². The van der Waals surface area contributed by atoms with Crippen molar-refractivity contribution in [3.8, 4) is 11.1 Å². The molecule has 0 heterocycles. The highest BCUT2D eigenvalue weighted by Crippen LogP contribution is 2.44. The third-order valence-electron chi connectivity index (χ3n) is 7.36. The number of carboxylic acids is 1. The Morgan fingerprint density at radius 2 is 1.60 bits per heavy atom. The molecule has 3 atom stereocenters. The molecule has 1 saturated carbocycles. The quantitative estimate of drug-likeness (QED) is 0.477. The van der Waals surface area contributed by atoms with E-state index < -0.39 is 23.9 Å². The molecule has 3 N–H and O–H groups in total. The lowest BCUT2D eigenvalue weighted by molar-refractivity contribution is -0.143. The monoisotopic (exact) mass is 478 g/mol. The topological polar surface area (TPSA) is 105 Å². The molecule has 0 radical (unpaired) electrons. The minimum atomic E-state index is -0.859. The Labute approximate surface area is 206 Å². The molecule has 7 heteroatoms. The second-order valence-corrected chi connectivity index (χ2v) is 9.51. The highest BCUT2D eigenvalue weighted by Gasteiger charge is 2.32. The minimum Gasteiger partial charge on any atom is -0.481 e. The number of amides is 2. The second kappa shape index (κ2) is 11.4. The summed E-state index contributed by atoms with van der Waals surface area (Å²) in [4.78, 5) is 37.0. The number of hydrogen-bond donors (Lipinski definition) is 3. The Morgan fingerprint density at radius 3 is 2.23 bits per heavy atom. The normalized spacial score (nSPS) is 20.1. The van der Waals surface area contributed by atoms with Crippen molar-refractivity contribution in [2.45, 2.75) is 57.4 Å². The van der Waals surface area contributed by atoms with Crippen LogP contribution in [0, 0.1) is 11.8 Å². The van der Waals surface area contributed by atoms with Crippen molar-refractivity contribution in [3.05, 3.63) is 59.7 Å². The number of rotatable bonds is 8. The van der Waals surface area contributed by atoms with Crippen molar-refractivity contribution < 1.29 is 24.2 Å². The summed E-state index contributed by atoms with van der Waals surface area (Å²) in [6.07, 6.45) is 3.97. The number of alkyl carbamates (subject to hydrolysis) is 1. The predicted octanol–water partition coefficient (Wildman–Crippen LogP) is 4.70. The van der Waals surface area contributed by atoms with Crippen LogP contribution >= 0.6 is 0 Å². The van der Waals surface area contributed by atoms with E-state index in [9.17, 15) is 19.5 Å². The molecule has 0 spiro atoms. The average molecular weight is 479 g/mol. The number of hydrogen-bond acceptors (Lipinski definition) is 4. The molecule has 1 unspecified atom stereocenters. The van der Waals surface area contributed by atoms with Gasteiger partial charge in [-0.2, -0.15) is 0 Å². The Morgan fingerprint density at radius 1 is 0.971 bits per heavy atom. The number of carboxylic acid groups (broad SMARTS) is 1. The van der Waals surface area contributed by atoms with Crippen molar-refractivity contribution in [2.75, 3.05) is 13.2 Å². The van der Waals surface area contributed by atoms with Crippen LogP contribution in [0.3, 0.4) is 0 Å². The number of benzene rings is 2. The largest absolute Gasteiger partial charge is 0.481 e. The zero-order valence-electron chi connectivity index (χ0n) is 20.2. The van der Waals surface area contributed by atoms with Crippen LogP contribution in [0.4, 0.5) is 4.79 Å². The number of carbonyl (C=O) groups is 3. The van der Waals surface area contributed by atoms with Crippen molar-refractivity contribution in [3.63, 3.8) is 0 Å². The fourth-order valence-electron chi connectivity index (χ4n) is 5.35. The van der Waals surface area contributed by atoms with Crippen LogP contribution in [-0.4, -0.2) is 42.3 Å². The maximum absolute atomic E-state index is 12.9. The maximum atomic E-state index is 12.9. The predicted molar refractivity (Wildman–Crippen MR) is 133 cm³/mol. The van der Waals surface area contributed by atoms with Crippen LogP contribution < -0.4 is 10.6 Å². The van der Waals surface area contributed by atoms with Gasteiger partial charge >= 0.3 is 12.1 Å². The van der Waals surface area contributed by atoms with Gasteiger partial charge in [-0.1, -0.05) is 74.7 Å². The molecule has 186 valence electrons. The molecule has 35 heavy (non-hydrogen) atoms. The van der Waals surface area contributed by atoms with Gasteiger partial charge in [0.1, 0.15) is 6.61 Å². The smallest absolute Gasteiger partial charge is 0.407 e. The van der Waals surface area contributed by atoms with Crippen molar-refractivity contribution in [1.82, 2.24) is 10.6 Å². The first-order valence-electron chi connectivity index (χ1n) is 12.6. The minimum absolute atomic E-state index is 0.0263. The summed E-state index contributed by atoms with van der Waals surface area (Å²) in [5.74, 6) is -2.12. The third-order valence-corrected chi connectivity index (χ3v) is 7.36. The van der Waals surface area contributed by atoms with Crippen LogP contribution in [0.2, 0.25) is 0 Å². The summed E-state index contributed by atoms with van der Waals surface area (Å²) in [6.45, 7) is 2.24. The fourth-order valence-corrected chi connectivity index (χ4v) is 5.35. The van der Waals surface area contributed by atoms with Crippen LogP contribution in [0.15, 0.2) is 48.5 Å². The summed E-state index contributed by atoms with van der Waals surface area (Å²) >= 11 is 0. The average Bonchev–Trinajstić information content (AvgIpc) is 2.99. The fraction of sp³-hybridized carbons (Fsp3) is 0.464. The molecule has 2 amide bonds. The first kappa shape index (κ1) is 24.8. The van der Waals surface area contributed by atoms with E-state index in [1.807, 2.05) is 31.2 Å². The molecule has 7 nitrogen and oxygen atoms in total. The van der Waals surface area contributed by atoms with E-state index in [0.717, 1.165) is 41.5 Å². The van der Waals surface area contributed by atoms with Gasteiger partial charge in [-0.15, -0.1) is 0 Å². The lowest BCUT2D eigenvalue weighted by Crippen LogP contribution is -2.47. The van der Waals surface area contributed by atoms with Crippen LogP contribution in [0.1, 0.15) is 62.5 Å². The Hall–Kier alpha value is -3.35. The van der Waals surface area contributed by atoms with E-state index in [-0.39, 0.29) is 31.0 Å². The zero-order valence-corrected chi connectivity index (χ0v) is 20.2. The summed E-state index contributed by atoms with van der Waals surface area (Å²) in [5.41, 5.74) is 4.61. The number of fused-ring (bicyclic) bond motifs is 3. The Balaban J connectivity index is 1.31. The second-order valence-electron chi connectivity index (χ2n) is 9.51. The third kappa shape index (κ3) is 5.66. The molecule has 1 fully saturated rings. The maximum Gasteiger partial charge on any atom is 0.407 e. The van der Waals surface area contributed by atoms with Crippen LogP contribution in [0.25, 0.3) is 11.1 Å². The molecule has 4 rings (SSSR count). The zero-order chi connectivity index (χ0) is 24.8. The standard InChI is InChI=1S/C28H34N2O5/c1-2-18(26(31)30-25-15-5-3-4-14-23(25)27(32)33)16-29-28(34)35-17-24-21-12-8-6-10-19(21)20-11-7-9-13-22(20)24/h6-13,18,23-25H,2-5,14-17H2,1H3,(H,29,34)(H,30,31)(H,32,33)/t18?,23-,25+/m0/s1. The van der Waals surface area contributed by atoms with E-state index in [2.05, 4.69) is 34.9 Å². The van der Waals surface area contributed by atoms with E-state index in [4.69, 9.17) is 4.74 Å². The van der Waals surface area contributed by atoms with Gasteiger partial charge in [0.15, 0.2) is 0 Å². The first-order chi connectivity index (χ1) is 17.0. The van der Waals surface area contributed by atoms with E-state index in [0.29, 0.717) is 19.3 Å². The van der Waals surface area contributed by atoms with Crippen molar-refractivity contribution in [2.24, 2.45) is 11.8 Å². The van der Waals surface area contributed by atoms with Crippen molar-refractivity contribution in [1.29, 1.82) is 0 Å². The molecule has 0 aromatic heterocycles. The van der Waals surface area contributed by atoms with Gasteiger partial charge in [-0.25, -0.2) is 4.79 Å². The number of nitrogens with one attached hydrogen (secondary N) is 2. The van der Waals surface area contributed by atoms with Gasteiger partial charge in [0.05, 0.1) is 11.8 Å². The summed E-state index contributed by atoms with van der Waals surface area (Å²) in [6, 6.07) is 15.9. The summed E-state index contributed by atoms with van der Waals surface area (Å²) in [7, 11) is 0. The van der Waals surface area contributed by atoms with Gasteiger partial charge in [0.25, 0.3) is 0 Å². The Kier molecular flexibility index (Phi) is 8.06. The van der Waals surface area contributed by atoms with E-state index in [1.165, 1.54) is 0 Å². The summed E-state index contributed by atoms with van der Waals surface area (Å²) < 4.78 is 5.57. The SMILES string of the molecule is CCC(CNC(=O)OCC1c2ccccc2-c2ccccc21)C(=O)N[C@@H]1CCCCC[C@@H]1C(=O)O. The highest BCUT2D eigenvalue weighted by molar-refractivity contribution is 5.81. The first-order valence-corrected chi connectivity index (χ1v) is 12.6. The lowest BCUT2D eigenvalue weighted by Gasteiger charge is -2.25. The highest BCUT2D eigenvalue weighted by atomic mass is 16.5. The molecule has 2 aliphatic rings. The van der Waals surface area contributed by atoms with Gasteiger partial charge < -0.3 is 20.5 Å². The molecule has 0 saturated heterocycles. The molecular formula is C28H34N2O5. The lowest BCUT2D eigenvalue weighted by atomic mass is 9.94. The van der Waals surface area contributed by atoms with Crippen LogP contribution in [0.5, 0.6) is 0 Å².